The average Bonchev–Trinajstić information content (AvgIpc) is 3.16. The van der Waals surface area contributed by atoms with E-state index in [0.717, 1.165) is 12.8 Å². The van der Waals surface area contributed by atoms with Crippen molar-refractivity contribution < 1.29 is 8.96 Å². The van der Waals surface area contributed by atoms with Gasteiger partial charge in [0, 0.05) is 11.6 Å². The number of nitriles is 2. The van der Waals surface area contributed by atoms with Crippen molar-refractivity contribution in [3.05, 3.63) is 57.4 Å². The Hall–Kier alpha value is -3.69. The molecule has 0 unspecified atom stereocenters. The summed E-state index contributed by atoms with van der Waals surface area (Å²) in [5, 5.41) is 19.5. The van der Waals surface area contributed by atoms with Gasteiger partial charge < -0.3 is 10.7 Å². The van der Waals surface area contributed by atoms with E-state index in [0.29, 0.717) is 46.8 Å². The van der Waals surface area contributed by atoms with E-state index in [2.05, 4.69) is 17.1 Å². The molecule has 1 aliphatic rings. The standard InChI is InChI=1S/C21H20FN7O/c1-27-19-18(8-17(10-24)26-19)20(28-6-2-3-16(25)12-28)29(21(27)30)11-14-7-15(22)5-4-13(14)9-23/h4-5,7-8,16H,2-3,6,11-12,25H2,1H3/p+1/t16-/m1/s1. The molecule has 0 radical (unpaired) electrons. The minimum atomic E-state index is -0.475. The lowest BCUT2D eigenvalue weighted by Gasteiger charge is -2.29. The van der Waals surface area contributed by atoms with Crippen LogP contribution in [0.15, 0.2) is 29.1 Å². The Balaban J connectivity index is 1.99. The molecule has 4 rings (SSSR count). The third-order valence-corrected chi connectivity index (χ3v) is 5.54. The molecule has 8 nitrogen and oxygen atoms in total. The van der Waals surface area contributed by atoms with Gasteiger partial charge in [-0.3, -0.25) is 4.90 Å². The van der Waals surface area contributed by atoms with Crippen molar-refractivity contribution in [3.8, 4) is 12.1 Å². The van der Waals surface area contributed by atoms with Crippen molar-refractivity contribution in [2.75, 3.05) is 18.0 Å². The quantitative estimate of drug-likeness (QED) is 0.630. The molecule has 1 saturated heterocycles. The van der Waals surface area contributed by atoms with Gasteiger partial charge in [0.2, 0.25) is 5.82 Å². The van der Waals surface area contributed by atoms with Gasteiger partial charge in [-0.25, -0.2) is 13.8 Å². The first-order valence-corrected chi connectivity index (χ1v) is 9.67. The lowest BCUT2D eigenvalue weighted by atomic mass is 10.1. The number of aromatic amines is 1. The van der Waals surface area contributed by atoms with E-state index < -0.39 is 5.82 Å². The van der Waals surface area contributed by atoms with Crippen molar-refractivity contribution in [2.45, 2.75) is 25.4 Å². The highest BCUT2D eigenvalue weighted by Gasteiger charge is 2.31. The van der Waals surface area contributed by atoms with Crippen molar-refractivity contribution in [1.82, 2.24) is 9.55 Å². The summed E-state index contributed by atoms with van der Waals surface area (Å²) in [4.78, 5) is 18.3. The molecule has 2 aromatic heterocycles. The van der Waals surface area contributed by atoms with Crippen LogP contribution in [-0.2, 0) is 13.6 Å². The molecule has 3 aromatic rings. The molecule has 0 aliphatic carbocycles. The highest BCUT2D eigenvalue weighted by molar-refractivity contribution is 5.87. The van der Waals surface area contributed by atoms with Gasteiger partial charge in [0.05, 0.1) is 31.8 Å². The smallest absolute Gasteiger partial charge is 0.325 e. The first-order chi connectivity index (χ1) is 14.4. The molecule has 1 atom stereocenters. The van der Waals surface area contributed by atoms with Crippen LogP contribution in [0.25, 0.3) is 11.0 Å². The summed E-state index contributed by atoms with van der Waals surface area (Å²) in [6, 6.07) is 9.73. The monoisotopic (exact) mass is 406 g/mol. The Bertz CT molecular complexity index is 1280. The number of piperidine rings is 1. The maximum absolute atomic E-state index is 13.9. The Kier molecular flexibility index (Phi) is 4.98. The van der Waals surface area contributed by atoms with Crippen molar-refractivity contribution in [3.63, 3.8) is 0 Å². The van der Waals surface area contributed by atoms with E-state index in [1.165, 1.54) is 27.3 Å². The van der Waals surface area contributed by atoms with Crippen LogP contribution in [0, 0.1) is 28.5 Å². The van der Waals surface area contributed by atoms with Crippen LogP contribution in [0.3, 0.4) is 0 Å². The molecule has 0 bridgehead atoms. The lowest BCUT2D eigenvalue weighted by molar-refractivity contribution is -0.693. The van der Waals surface area contributed by atoms with Crippen molar-refractivity contribution in [1.29, 1.82) is 10.5 Å². The average molecular weight is 406 g/mol. The number of aromatic nitrogens is 3. The molecule has 9 heteroatoms. The number of hydrogen-bond acceptors (Lipinski definition) is 5. The molecule has 1 aliphatic heterocycles. The van der Waals surface area contributed by atoms with Crippen LogP contribution in [0.1, 0.15) is 29.7 Å². The normalized spacial score (nSPS) is 16.4. The molecule has 152 valence electrons. The first-order valence-electron chi connectivity index (χ1n) is 9.67. The highest BCUT2D eigenvalue weighted by Crippen LogP contribution is 2.26. The molecular formula is C21H21FN7O+. The van der Waals surface area contributed by atoms with Gasteiger partial charge in [0.15, 0.2) is 5.65 Å². The number of rotatable bonds is 3. The fourth-order valence-corrected chi connectivity index (χ4v) is 4.11. The van der Waals surface area contributed by atoms with E-state index in [4.69, 9.17) is 5.73 Å². The Morgan fingerprint density at radius 3 is 2.83 bits per heavy atom. The van der Waals surface area contributed by atoms with Crippen LogP contribution in [0.2, 0.25) is 0 Å². The highest BCUT2D eigenvalue weighted by atomic mass is 19.1. The SMILES string of the molecule is Cn1c(=O)[n+](Cc2cc(F)ccc2C#N)c(N2CCC[C@@H](N)C2)c2cc(C#N)[nH]c21. The van der Waals surface area contributed by atoms with Gasteiger partial charge in [-0.2, -0.15) is 15.1 Å². The summed E-state index contributed by atoms with van der Waals surface area (Å²) in [6.45, 7) is 1.29. The predicted molar refractivity (Wildman–Crippen MR) is 108 cm³/mol. The van der Waals surface area contributed by atoms with Crippen LogP contribution in [0.5, 0.6) is 0 Å². The molecule has 0 amide bonds. The molecule has 30 heavy (non-hydrogen) atoms. The fourth-order valence-electron chi connectivity index (χ4n) is 4.11. The van der Waals surface area contributed by atoms with Crippen LogP contribution < -0.4 is 20.9 Å². The third-order valence-electron chi connectivity index (χ3n) is 5.54. The zero-order valence-electron chi connectivity index (χ0n) is 16.5. The zero-order valence-corrected chi connectivity index (χ0v) is 16.5. The molecule has 3 heterocycles. The number of nitrogens with zero attached hydrogens (tertiary/aromatic N) is 5. The van der Waals surface area contributed by atoms with E-state index >= 15 is 0 Å². The number of nitrogens with one attached hydrogen (secondary N) is 1. The summed E-state index contributed by atoms with van der Waals surface area (Å²) >= 11 is 0. The van der Waals surface area contributed by atoms with Gasteiger partial charge in [-0.1, -0.05) is 0 Å². The molecular weight excluding hydrogens is 385 g/mol. The minimum absolute atomic E-state index is 0.0252. The number of aryl methyl sites for hydroxylation is 1. The van der Waals surface area contributed by atoms with E-state index in [1.807, 2.05) is 4.90 Å². The molecule has 3 N–H and O–H groups in total. The number of nitrogens with two attached hydrogens (primary N) is 1. The van der Waals surface area contributed by atoms with Crippen LogP contribution in [-0.4, -0.2) is 28.7 Å². The summed E-state index contributed by atoms with van der Waals surface area (Å²) in [5.41, 5.74) is 7.44. The number of halogens is 1. The van der Waals surface area contributed by atoms with Gasteiger partial charge >= 0.3 is 5.69 Å². The van der Waals surface area contributed by atoms with Crippen molar-refractivity contribution in [2.24, 2.45) is 12.8 Å². The number of hydrogen-bond donors (Lipinski definition) is 2. The number of anilines is 1. The summed E-state index contributed by atoms with van der Waals surface area (Å²) in [7, 11) is 1.61. The second-order valence-corrected chi connectivity index (χ2v) is 7.57. The van der Waals surface area contributed by atoms with Crippen molar-refractivity contribution >= 4 is 16.9 Å². The maximum atomic E-state index is 13.9. The largest absolute Gasteiger partial charge is 0.444 e. The molecule has 1 fully saturated rings. The zero-order chi connectivity index (χ0) is 21.4. The number of H-pyrrole nitrogens is 1. The Labute approximate surface area is 172 Å². The van der Waals surface area contributed by atoms with Gasteiger partial charge in [-0.15, -0.1) is 0 Å². The maximum Gasteiger partial charge on any atom is 0.444 e. The fraction of sp³-hybridized carbons (Fsp3) is 0.333. The Morgan fingerprint density at radius 1 is 1.33 bits per heavy atom. The van der Waals surface area contributed by atoms with Gasteiger partial charge in [0.25, 0.3) is 0 Å². The second-order valence-electron chi connectivity index (χ2n) is 7.57. The van der Waals surface area contributed by atoms with Crippen LogP contribution in [0.4, 0.5) is 10.2 Å². The third kappa shape index (κ3) is 3.30. The topological polar surface area (TPSA) is 119 Å². The summed E-state index contributed by atoms with van der Waals surface area (Å²) in [5.74, 6) is 0.145. The molecule has 0 spiro atoms. The van der Waals surface area contributed by atoms with Gasteiger partial charge in [0.1, 0.15) is 29.5 Å². The Morgan fingerprint density at radius 2 is 2.13 bits per heavy atom. The number of fused-ring (bicyclic) bond motifs is 1. The predicted octanol–water partition coefficient (Wildman–Crippen LogP) is 1.01. The summed E-state index contributed by atoms with van der Waals surface area (Å²) < 4.78 is 16.9. The van der Waals surface area contributed by atoms with E-state index in [1.54, 1.807) is 13.1 Å². The second kappa shape index (κ2) is 7.62. The first kappa shape index (κ1) is 19.6. The minimum Gasteiger partial charge on any atom is -0.325 e. The number of benzene rings is 1. The molecule has 0 saturated carbocycles. The van der Waals surface area contributed by atoms with E-state index in [-0.39, 0.29) is 18.3 Å². The molecule has 1 aromatic carbocycles. The van der Waals surface area contributed by atoms with Gasteiger partial charge in [-0.05, 0) is 37.1 Å². The lowest BCUT2D eigenvalue weighted by Crippen LogP contribution is -2.59. The summed E-state index contributed by atoms with van der Waals surface area (Å²) in [6.07, 6.45) is 1.76. The van der Waals surface area contributed by atoms with Crippen LogP contribution >= 0.6 is 0 Å². The van der Waals surface area contributed by atoms with E-state index in [9.17, 15) is 19.7 Å².